The largest absolute Gasteiger partial charge is 0.371 e. The number of anilines is 1. The van der Waals surface area contributed by atoms with Crippen LogP contribution in [0.3, 0.4) is 0 Å². The number of nitrogens with one attached hydrogen (secondary N) is 1. The summed E-state index contributed by atoms with van der Waals surface area (Å²) in [5.74, 6) is -0.623. The third-order valence-corrected chi connectivity index (χ3v) is 6.98. The molecular weight excluding hydrogens is 376 g/mol. The molecule has 1 N–H and O–H groups in total. The van der Waals surface area contributed by atoms with Crippen molar-refractivity contribution in [1.82, 2.24) is 15.2 Å². The van der Waals surface area contributed by atoms with Crippen LogP contribution in [0.4, 0.5) is 10.1 Å². The Labute approximate surface area is 183 Å². The second kappa shape index (κ2) is 8.93. The second-order valence-corrected chi connectivity index (χ2v) is 9.42. The van der Waals surface area contributed by atoms with Crippen molar-refractivity contribution in [2.75, 3.05) is 31.1 Å². The Morgan fingerprint density at radius 2 is 1.87 bits per heavy atom. The maximum atomic E-state index is 14.6. The molecule has 2 aliphatic rings. The Hall–Kier alpha value is -1.50. The van der Waals surface area contributed by atoms with Gasteiger partial charge in [0.15, 0.2) is 0 Å². The molecule has 2 heterocycles. The fourth-order valence-corrected chi connectivity index (χ4v) is 4.67. The molecule has 1 amide bonds. The van der Waals surface area contributed by atoms with Crippen molar-refractivity contribution in [2.24, 2.45) is 11.3 Å². The van der Waals surface area contributed by atoms with Crippen LogP contribution in [0.25, 0.3) is 0 Å². The minimum Gasteiger partial charge on any atom is -0.371 e. The summed E-state index contributed by atoms with van der Waals surface area (Å²) >= 11 is 0. The van der Waals surface area contributed by atoms with Gasteiger partial charge >= 0.3 is 0 Å². The molecule has 0 spiro atoms. The number of pyridine rings is 1. The van der Waals surface area contributed by atoms with Gasteiger partial charge in [0, 0.05) is 32.2 Å². The van der Waals surface area contributed by atoms with Gasteiger partial charge in [-0.25, -0.2) is 4.98 Å². The highest BCUT2D eigenvalue weighted by molar-refractivity contribution is 6.60. The van der Waals surface area contributed by atoms with Crippen LogP contribution < -0.4 is 10.2 Å². The van der Waals surface area contributed by atoms with Crippen molar-refractivity contribution in [3.63, 3.8) is 0 Å². The van der Waals surface area contributed by atoms with E-state index in [-0.39, 0.29) is 5.69 Å². The number of carbonyl (C=O) groups is 1. The molecule has 0 aromatic carbocycles. The fourth-order valence-electron chi connectivity index (χ4n) is 4.67. The number of amides is 1. The number of hydrogen-bond donors (Lipinski definition) is 1. The lowest BCUT2D eigenvalue weighted by molar-refractivity contribution is 0.0946. The Morgan fingerprint density at radius 1 is 1.20 bits per heavy atom. The lowest BCUT2D eigenvalue weighted by Crippen LogP contribution is -2.51. The van der Waals surface area contributed by atoms with E-state index in [1.807, 2.05) is 4.90 Å². The molecule has 2 fully saturated rings. The molecule has 30 heavy (non-hydrogen) atoms. The summed E-state index contributed by atoms with van der Waals surface area (Å²) in [5.41, 5.74) is 0.690. The van der Waals surface area contributed by atoms with E-state index in [1.165, 1.54) is 31.7 Å². The molecule has 1 saturated carbocycles. The molecule has 3 rings (SSSR count). The molecule has 1 saturated heterocycles. The summed E-state index contributed by atoms with van der Waals surface area (Å²) < 4.78 is 14.6. The Balaban J connectivity index is 1.57. The van der Waals surface area contributed by atoms with Gasteiger partial charge in [-0.05, 0) is 42.7 Å². The highest BCUT2D eigenvalue weighted by atomic mass is 19.1. The standard InChI is InChI=1S/C21H30B3FN4O/c1-4-20(2,3)14-5-6-15(13-14)28-9-11-29(12-10-28)17-8-7-16(26-18(17)25)19(30)27-21(22,23)24/h7-8,14-15H,4-6,9-13H2,1-3H3,(H,27,30)/t14?,15-/m1/s1. The third-order valence-electron chi connectivity index (χ3n) is 6.98. The van der Waals surface area contributed by atoms with Crippen LogP contribution in [0.2, 0.25) is 0 Å². The van der Waals surface area contributed by atoms with Crippen LogP contribution in [0, 0.1) is 17.3 Å². The van der Waals surface area contributed by atoms with Crippen molar-refractivity contribution >= 4 is 35.1 Å². The zero-order chi connectivity index (χ0) is 22.1. The molecule has 1 unspecified atom stereocenters. The van der Waals surface area contributed by atoms with Gasteiger partial charge in [0.25, 0.3) is 5.91 Å². The summed E-state index contributed by atoms with van der Waals surface area (Å²) in [5, 5.41) is 0.283. The second-order valence-electron chi connectivity index (χ2n) is 9.42. The first-order valence-corrected chi connectivity index (χ1v) is 10.8. The van der Waals surface area contributed by atoms with Gasteiger partial charge in [-0.2, -0.15) is 4.39 Å². The van der Waals surface area contributed by atoms with E-state index in [4.69, 9.17) is 23.5 Å². The topological polar surface area (TPSA) is 48.5 Å². The van der Waals surface area contributed by atoms with E-state index >= 15 is 0 Å². The van der Waals surface area contributed by atoms with Crippen molar-refractivity contribution in [3.05, 3.63) is 23.8 Å². The van der Waals surface area contributed by atoms with Gasteiger partial charge in [-0.15, -0.1) is 0 Å². The maximum Gasteiger partial charge on any atom is 0.268 e. The first-order chi connectivity index (χ1) is 14.0. The predicted octanol–water partition coefficient (Wildman–Crippen LogP) is 1.79. The van der Waals surface area contributed by atoms with Crippen LogP contribution in [0.15, 0.2) is 12.1 Å². The minimum absolute atomic E-state index is 0.115. The highest BCUT2D eigenvalue weighted by Crippen LogP contribution is 2.43. The number of nitrogens with zero attached hydrogens (tertiary/aromatic N) is 3. The lowest BCUT2D eigenvalue weighted by atomic mass is 9.49. The van der Waals surface area contributed by atoms with Crippen LogP contribution in [0.5, 0.6) is 0 Å². The van der Waals surface area contributed by atoms with Gasteiger partial charge in [0.1, 0.15) is 5.69 Å². The average molecular weight is 406 g/mol. The zero-order valence-electron chi connectivity index (χ0n) is 18.3. The summed E-state index contributed by atoms with van der Waals surface area (Å²) in [7, 11) is 16.1. The molecule has 6 radical (unpaired) electrons. The highest BCUT2D eigenvalue weighted by Gasteiger charge is 2.38. The van der Waals surface area contributed by atoms with Gasteiger partial charge in [-0.3, -0.25) is 9.69 Å². The van der Waals surface area contributed by atoms with Crippen LogP contribution in [-0.2, 0) is 0 Å². The lowest BCUT2D eigenvalue weighted by Gasteiger charge is -2.39. The smallest absolute Gasteiger partial charge is 0.268 e. The summed E-state index contributed by atoms with van der Waals surface area (Å²) in [6, 6.07) is 3.66. The monoisotopic (exact) mass is 406 g/mol. The van der Waals surface area contributed by atoms with E-state index in [2.05, 4.69) is 36.0 Å². The third kappa shape index (κ3) is 5.40. The average Bonchev–Trinajstić information content (AvgIpc) is 3.18. The normalized spacial score (nSPS) is 23.5. The number of hydrogen-bond acceptors (Lipinski definition) is 4. The van der Waals surface area contributed by atoms with E-state index < -0.39 is 17.1 Å². The predicted molar refractivity (Wildman–Crippen MR) is 121 cm³/mol. The Bertz CT molecular complexity index is 763. The van der Waals surface area contributed by atoms with Crippen molar-refractivity contribution in [2.45, 2.75) is 57.7 Å². The summed E-state index contributed by atoms with van der Waals surface area (Å²) in [4.78, 5) is 20.3. The number of halogens is 1. The molecule has 1 aromatic rings. The van der Waals surface area contributed by atoms with Crippen LogP contribution in [-0.4, -0.2) is 76.8 Å². The molecule has 0 bridgehead atoms. The van der Waals surface area contributed by atoms with Crippen molar-refractivity contribution < 1.29 is 9.18 Å². The first-order valence-electron chi connectivity index (χ1n) is 10.8. The quantitative estimate of drug-likeness (QED) is 0.579. The molecule has 9 heteroatoms. The molecule has 1 aromatic heterocycles. The van der Waals surface area contributed by atoms with Crippen molar-refractivity contribution in [3.8, 4) is 0 Å². The SMILES string of the molecule is [B]C([B])([B])NC(=O)c1ccc(N2CCN([C@@H]3CCC(C(C)(C)CC)C3)CC2)c(F)n1. The van der Waals surface area contributed by atoms with Gasteiger partial charge in [0.2, 0.25) is 5.95 Å². The maximum absolute atomic E-state index is 14.6. The van der Waals surface area contributed by atoms with Crippen molar-refractivity contribution in [1.29, 1.82) is 0 Å². The molecule has 1 aliphatic heterocycles. The number of rotatable bonds is 6. The Morgan fingerprint density at radius 3 is 2.43 bits per heavy atom. The molecule has 156 valence electrons. The fraction of sp³-hybridized carbons (Fsp3) is 0.714. The molecule has 5 nitrogen and oxygen atoms in total. The Kier molecular flexibility index (Phi) is 6.90. The first kappa shape index (κ1) is 23.2. The number of carbonyl (C=O) groups excluding carboxylic acids is 1. The van der Waals surface area contributed by atoms with Gasteiger partial charge in [0.05, 0.1) is 29.2 Å². The molecule has 2 atom stereocenters. The van der Waals surface area contributed by atoms with E-state index in [1.54, 1.807) is 6.07 Å². The summed E-state index contributed by atoms with van der Waals surface area (Å²) in [6.07, 6.45) is 5.01. The molecule has 1 aliphatic carbocycles. The van der Waals surface area contributed by atoms with E-state index in [0.29, 0.717) is 17.1 Å². The zero-order valence-corrected chi connectivity index (χ0v) is 18.3. The number of piperazine rings is 1. The number of aromatic nitrogens is 1. The summed E-state index contributed by atoms with van der Waals surface area (Å²) in [6.45, 7) is 10.3. The van der Waals surface area contributed by atoms with Gasteiger partial charge < -0.3 is 10.2 Å². The van der Waals surface area contributed by atoms with E-state index in [9.17, 15) is 9.18 Å². The van der Waals surface area contributed by atoms with Gasteiger partial charge in [-0.1, -0.05) is 32.4 Å². The van der Waals surface area contributed by atoms with Crippen LogP contribution in [0.1, 0.15) is 56.9 Å². The molecular formula is C21H30B3FN4O. The van der Waals surface area contributed by atoms with E-state index in [0.717, 1.165) is 32.1 Å². The van der Waals surface area contributed by atoms with Crippen LogP contribution >= 0.6 is 0 Å². The minimum atomic E-state index is -1.88.